The maximum absolute atomic E-state index is 12.8. The molecule has 1 N–H and O–H groups in total. The minimum absolute atomic E-state index is 0.000597. The third-order valence-corrected chi connectivity index (χ3v) is 7.09. The van der Waals surface area contributed by atoms with E-state index >= 15 is 0 Å². The lowest BCUT2D eigenvalue weighted by molar-refractivity contribution is -0.120. The molecule has 142 valence electrons. The van der Waals surface area contributed by atoms with Crippen molar-refractivity contribution in [1.29, 1.82) is 0 Å². The molecule has 1 atom stereocenters. The highest BCUT2D eigenvalue weighted by Gasteiger charge is 2.28. The number of amides is 1. The summed E-state index contributed by atoms with van der Waals surface area (Å²) in [5.74, 6) is -0.00100. The Labute approximate surface area is 155 Å². The Morgan fingerprint density at radius 1 is 1.12 bits per heavy atom. The van der Waals surface area contributed by atoms with Crippen molar-refractivity contribution in [2.24, 2.45) is 5.92 Å². The first-order valence-corrected chi connectivity index (χ1v) is 10.7. The van der Waals surface area contributed by atoms with E-state index in [0.29, 0.717) is 18.8 Å². The van der Waals surface area contributed by atoms with Gasteiger partial charge in [0.1, 0.15) is 0 Å². The first-order valence-electron chi connectivity index (χ1n) is 9.29. The molecule has 1 fully saturated rings. The van der Waals surface area contributed by atoms with E-state index in [4.69, 9.17) is 0 Å². The molecule has 1 unspecified atom stereocenters. The number of likely N-dealkylation sites (N-methyl/N-ethyl adjacent to an activating group) is 1. The Balaban J connectivity index is 1.63. The average Bonchev–Trinajstić information content (AvgIpc) is 2.69. The number of sulfonamides is 1. The Hall–Kier alpha value is -1.70. The van der Waals surface area contributed by atoms with Gasteiger partial charge in [-0.3, -0.25) is 4.79 Å². The van der Waals surface area contributed by atoms with Gasteiger partial charge in [-0.05, 0) is 50.1 Å². The van der Waals surface area contributed by atoms with E-state index in [1.165, 1.54) is 0 Å². The lowest BCUT2D eigenvalue weighted by Gasteiger charge is -2.33. The fraction of sp³-hybridized carbons (Fsp3) is 0.526. The second-order valence-corrected chi connectivity index (χ2v) is 8.77. The number of carbonyl (C=O) groups is 1. The minimum Gasteiger partial charge on any atom is -0.326 e. The standard InChI is InChI=1S/C19H27N3O3S/c1-2-21-12-14-22(15-13-21)26(24,25)18-10-8-17(9-11-18)20-19(23)16-6-4-3-5-7-16/h3-4,8-11,16H,2,5-7,12-15H2,1H3,(H,20,23). The molecule has 1 aliphatic carbocycles. The molecule has 3 rings (SSSR count). The molecular weight excluding hydrogens is 350 g/mol. The number of nitrogens with zero attached hydrogens (tertiary/aromatic N) is 2. The van der Waals surface area contributed by atoms with Crippen LogP contribution >= 0.6 is 0 Å². The normalized spacial score (nSPS) is 22.3. The number of piperazine rings is 1. The zero-order chi connectivity index (χ0) is 18.6. The number of benzene rings is 1. The van der Waals surface area contributed by atoms with Gasteiger partial charge in [-0.2, -0.15) is 4.31 Å². The SMILES string of the molecule is CCN1CCN(S(=O)(=O)c2ccc(NC(=O)C3CC=CCC3)cc2)CC1. The van der Waals surface area contributed by atoms with Crippen molar-refractivity contribution in [3.63, 3.8) is 0 Å². The van der Waals surface area contributed by atoms with E-state index < -0.39 is 10.0 Å². The molecular formula is C19H27N3O3S. The Morgan fingerprint density at radius 3 is 2.38 bits per heavy atom. The lowest BCUT2D eigenvalue weighted by Crippen LogP contribution is -2.48. The van der Waals surface area contributed by atoms with E-state index in [1.807, 2.05) is 6.08 Å². The van der Waals surface area contributed by atoms with Gasteiger partial charge in [0.25, 0.3) is 0 Å². The van der Waals surface area contributed by atoms with Gasteiger partial charge in [0.2, 0.25) is 15.9 Å². The van der Waals surface area contributed by atoms with Crippen molar-refractivity contribution < 1.29 is 13.2 Å². The maximum atomic E-state index is 12.8. The number of carbonyl (C=O) groups excluding carboxylic acids is 1. The summed E-state index contributed by atoms with van der Waals surface area (Å²) in [5.41, 5.74) is 0.638. The quantitative estimate of drug-likeness (QED) is 0.800. The number of allylic oxidation sites excluding steroid dienone is 2. The van der Waals surface area contributed by atoms with Gasteiger partial charge in [0.15, 0.2) is 0 Å². The van der Waals surface area contributed by atoms with Crippen molar-refractivity contribution in [3.05, 3.63) is 36.4 Å². The summed E-state index contributed by atoms with van der Waals surface area (Å²) in [5, 5.41) is 2.90. The predicted octanol–water partition coefficient (Wildman–Crippen LogP) is 2.31. The summed E-state index contributed by atoms with van der Waals surface area (Å²) in [6.45, 7) is 5.59. The fourth-order valence-electron chi connectivity index (χ4n) is 3.42. The average molecular weight is 378 g/mol. The maximum Gasteiger partial charge on any atom is 0.243 e. The van der Waals surface area contributed by atoms with E-state index in [1.54, 1.807) is 28.6 Å². The summed E-state index contributed by atoms with van der Waals surface area (Å²) in [4.78, 5) is 14.8. The number of hydrogen-bond donors (Lipinski definition) is 1. The van der Waals surface area contributed by atoms with Crippen LogP contribution in [0.3, 0.4) is 0 Å². The highest BCUT2D eigenvalue weighted by atomic mass is 32.2. The minimum atomic E-state index is -3.47. The van der Waals surface area contributed by atoms with Crippen molar-refractivity contribution in [3.8, 4) is 0 Å². The molecule has 0 aromatic heterocycles. The smallest absolute Gasteiger partial charge is 0.243 e. The molecule has 1 saturated heterocycles. The molecule has 7 heteroatoms. The first-order chi connectivity index (χ1) is 12.5. The molecule has 1 aliphatic heterocycles. The van der Waals surface area contributed by atoms with Crippen LogP contribution in [0.15, 0.2) is 41.3 Å². The second kappa shape index (κ2) is 8.33. The van der Waals surface area contributed by atoms with Crippen LogP contribution in [0.2, 0.25) is 0 Å². The van der Waals surface area contributed by atoms with Crippen LogP contribution < -0.4 is 5.32 Å². The summed E-state index contributed by atoms with van der Waals surface area (Å²) >= 11 is 0. The number of nitrogens with one attached hydrogen (secondary N) is 1. The van der Waals surface area contributed by atoms with Gasteiger partial charge >= 0.3 is 0 Å². The molecule has 0 bridgehead atoms. The van der Waals surface area contributed by atoms with Crippen LogP contribution in [0, 0.1) is 5.92 Å². The summed E-state index contributed by atoms with van der Waals surface area (Å²) in [6.07, 6.45) is 6.70. The van der Waals surface area contributed by atoms with Gasteiger partial charge < -0.3 is 10.2 Å². The molecule has 1 aromatic rings. The van der Waals surface area contributed by atoms with Gasteiger partial charge in [-0.1, -0.05) is 19.1 Å². The Kier molecular flexibility index (Phi) is 6.11. The third kappa shape index (κ3) is 4.34. The van der Waals surface area contributed by atoms with E-state index in [0.717, 1.165) is 38.9 Å². The predicted molar refractivity (Wildman–Crippen MR) is 102 cm³/mol. The van der Waals surface area contributed by atoms with Gasteiger partial charge in [-0.15, -0.1) is 0 Å². The van der Waals surface area contributed by atoms with Crippen LogP contribution in [0.25, 0.3) is 0 Å². The van der Waals surface area contributed by atoms with Crippen molar-refractivity contribution in [2.45, 2.75) is 31.1 Å². The number of hydrogen-bond acceptors (Lipinski definition) is 4. The van der Waals surface area contributed by atoms with Gasteiger partial charge in [0, 0.05) is 37.8 Å². The summed E-state index contributed by atoms with van der Waals surface area (Å²) < 4.78 is 27.1. The molecule has 0 saturated carbocycles. The summed E-state index contributed by atoms with van der Waals surface area (Å²) in [7, 11) is -3.47. The summed E-state index contributed by atoms with van der Waals surface area (Å²) in [6, 6.07) is 6.51. The highest BCUT2D eigenvalue weighted by molar-refractivity contribution is 7.89. The number of anilines is 1. The molecule has 0 spiro atoms. The lowest BCUT2D eigenvalue weighted by atomic mass is 9.93. The Bertz CT molecular complexity index is 751. The molecule has 1 heterocycles. The molecule has 2 aliphatic rings. The van der Waals surface area contributed by atoms with Crippen LogP contribution in [0.5, 0.6) is 0 Å². The zero-order valence-corrected chi connectivity index (χ0v) is 16.0. The first kappa shape index (κ1) is 19.1. The van der Waals surface area contributed by atoms with E-state index in [2.05, 4.69) is 23.2 Å². The van der Waals surface area contributed by atoms with Crippen molar-refractivity contribution >= 4 is 21.6 Å². The Morgan fingerprint density at radius 2 is 1.81 bits per heavy atom. The van der Waals surface area contributed by atoms with Crippen molar-refractivity contribution in [2.75, 3.05) is 38.0 Å². The van der Waals surface area contributed by atoms with E-state index in [-0.39, 0.29) is 16.7 Å². The molecule has 6 nitrogen and oxygen atoms in total. The number of rotatable bonds is 5. The van der Waals surface area contributed by atoms with Crippen LogP contribution in [-0.4, -0.2) is 56.3 Å². The monoisotopic (exact) mass is 377 g/mol. The van der Waals surface area contributed by atoms with E-state index in [9.17, 15) is 13.2 Å². The van der Waals surface area contributed by atoms with Crippen LogP contribution in [0.1, 0.15) is 26.2 Å². The third-order valence-electron chi connectivity index (χ3n) is 5.18. The topological polar surface area (TPSA) is 69.7 Å². The molecule has 0 radical (unpaired) electrons. The zero-order valence-electron chi connectivity index (χ0n) is 15.2. The second-order valence-electron chi connectivity index (χ2n) is 6.83. The molecule has 26 heavy (non-hydrogen) atoms. The molecule has 1 aromatic carbocycles. The van der Waals surface area contributed by atoms with Crippen LogP contribution in [0.4, 0.5) is 5.69 Å². The largest absolute Gasteiger partial charge is 0.326 e. The fourth-order valence-corrected chi connectivity index (χ4v) is 4.84. The van der Waals surface area contributed by atoms with Gasteiger partial charge in [0.05, 0.1) is 4.90 Å². The van der Waals surface area contributed by atoms with Crippen LogP contribution in [-0.2, 0) is 14.8 Å². The highest BCUT2D eigenvalue weighted by Crippen LogP contribution is 2.22. The van der Waals surface area contributed by atoms with Gasteiger partial charge in [-0.25, -0.2) is 8.42 Å². The van der Waals surface area contributed by atoms with Crippen molar-refractivity contribution in [1.82, 2.24) is 9.21 Å². The molecule has 1 amide bonds.